The third kappa shape index (κ3) is 6.23. The third-order valence-electron chi connectivity index (χ3n) is 4.93. The fourth-order valence-corrected chi connectivity index (χ4v) is 4.87. The molecule has 3 aromatic carbocycles. The first-order valence-corrected chi connectivity index (χ1v) is 12.1. The summed E-state index contributed by atoms with van der Waals surface area (Å²) in [5.41, 5.74) is 3.07. The first-order valence-electron chi connectivity index (χ1n) is 10.6. The number of anilines is 1. The lowest BCUT2D eigenvalue weighted by Gasteiger charge is -2.26. The topological polar surface area (TPSA) is 83.9 Å². The van der Waals surface area contributed by atoms with Gasteiger partial charge >= 0.3 is 5.97 Å². The maximum Gasteiger partial charge on any atom is 0.328 e. The number of carboxylic acid groups (broad SMARTS) is 1. The van der Waals surface area contributed by atoms with Gasteiger partial charge in [0.1, 0.15) is 12.4 Å². The van der Waals surface area contributed by atoms with Crippen LogP contribution >= 0.6 is 0 Å². The Morgan fingerprint density at radius 3 is 2.36 bits per heavy atom. The van der Waals surface area contributed by atoms with Crippen molar-refractivity contribution in [2.75, 3.05) is 10.8 Å². The van der Waals surface area contributed by atoms with Crippen molar-refractivity contribution in [3.63, 3.8) is 0 Å². The average Bonchev–Trinajstić information content (AvgIpc) is 2.81. The second-order valence-corrected chi connectivity index (χ2v) is 9.43. The van der Waals surface area contributed by atoms with E-state index in [2.05, 4.69) is 0 Å². The molecule has 33 heavy (non-hydrogen) atoms. The highest BCUT2D eigenvalue weighted by Gasteiger charge is 2.26. The summed E-state index contributed by atoms with van der Waals surface area (Å²) >= 11 is 0. The van der Waals surface area contributed by atoms with E-state index < -0.39 is 16.0 Å². The molecule has 0 spiro atoms. The van der Waals surface area contributed by atoms with Gasteiger partial charge in [-0.05, 0) is 60.4 Å². The van der Waals surface area contributed by atoms with Gasteiger partial charge < -0.3 is 9.84 Å². The number of hydrogen-bond donors (Lipinski definition) is 1. The van der Waals surface area contributed by atoms with Crippen molar-refractivity contribution < 1.29 is 23.1 Å². The third-order valence-corrected chi connectivity index (χ3v) is 6.76. The fourth-order valence-electron chi connectivity index (χ4n) is 3.29. The van der Waals surface area contributed by atoms with Crippen LogP contribution in [0.4, 0.5) is 5.69 Å². The zero-order valence-electron chi connectivity index (χ0n) is 18.6. The van der Waals surface area contributed by atoms with E-state index in [4.69, 9.17) is 9.84 Å². The van der Waals surface area contributed by atoms with Crippen molar-refractivity contribution in [2.24, 2.45) is 0 Å². The van der Waals surface area contributed by atoms with Gasteiger partial charge in [0, 0.05) is 12.6 Å². The van der Waals surface area contributed by atoms with Crippen LogP contribution < -0.4 is 9.04 Å². The maximum atomic E-state index is 13.4. The van der Waals surface area contributed by atoms with Gasteiger partial charge in [-0.1, -0.05) is 55.5 Å². The van der Waals surface area contributed by atoms with E-state index >= 15 is 0 Å². The van der Waals surface area contributed by atoms with Crippen LogP contribution in [0.2, 0.25) is 0 Å². The minimum Gasteiger partial charge on any atom is -0.487 e. The van der Waals surface area contributed by atoms with Crippen LogP contribution in [0.25, 0.3) is 6.08 Å². The number of hydrogen-bond acceptors (Lipinski definition) is 4. The fraction of sp³-hybridized carbons (Fsp3) is 0.192. The van der Waals surface area contributed by atoms with Crippen molar-refractivity contribution in [1.29, 1.82) is 0 Å². The molecule has 0 aliphatic rings. The quantitative estimate of drug-likeness (QED) is 0.412. The predicted molar refractivity (Wildman–Crippen MR) is 130 cm³/mol. The molecule has 6 nitrogen and oxygen atoms in total. The van der Waals surface area contributed by atoms with Crippen molar-refractivity contribution in [3.8, 4) is 5.75 Å². The molecule has 0 heterocycles. The van der Waals surface area contributed by atoms with Gasteiger partial charge in [0.05, 0.1) is 10.6 Å². The predicted octanol–water partition coefficient (Wildman–Crippen LogP) is 5.28. The number of aliphatic carboxylic acids is 1. The second-order valence-electron chi connectivity index (χ2n) is 7.56. The molecule has 0 amide bonds. The van der Waals surface area contributed by atoms with E-state index in [9.17, 15) is 13.2 Å². The van der Waals surface area contributed by atoms with Crippen LogP contribution in [0.5, 0.6) is 5.75 Å². The van der Waals surface area contributed by atoms with Crippen LogP contribution in [0, 0.1) is 6.92 Å². The minimum absolute atomic E-state index is 0.232. The Morgan fingerprint density at radius 1 is 1.03 bits per heavy atom. The summed E-state index contributed by atoms with van der Waals surface area (Å²) in [4.78, 5) is 10.9. The molecular weight excluding hydrogens is 438 g/mol. The van der Waals surface area contributed by atoms with Gasteiger partial charge in [0.15, 0.2) is 0 Å². The molecule has 3 rings (SSSR count). The number of sulfonamides is 1. The highest BCUT2D eigenvalue weighted by molar-refractivity contribution is 7.92. The highest BCUT2D eigenvalue weighted by Crippen LogP contribution is 2.34. The van der Waals surface area contributed by atoms with E-state index in [1.54, 1.807) is 48.5 Å². The molecular formula is C26H27NO5S. The van der Waals surface area contributed by atoms with E-state index in [1.165, 1.54) is 10.4 Å². The zero-order valence-corrected chi connectivity index (χ0v) is 19.5. The number of benzene rings is 3. The van der Waals surface area contributed by atoms with Gasteiger partial charge in [-0.3, -0.25) is 4.31 Å². The molecule has 0 saturated heterocycles. The Balaban J connectivity index is 1.88. The summed E-state index contributed by atoms with van der Waals surface area (Å²) in [6.45, 7) is 4.41. The molecule has 0 bridgehead atoms. The average molecular weight is 466 g/mol. The van der Waals surface area contributed by atoms with Crippen molar-refractivity contribution in [2.45, 2.75) is 31.8 Å². The summed E-state index contributed by atoms with van der Waals surface area (Å²) in [5, 5.41) is 8.74. The number of rotatable bonds is 10. The molecule has 0 unspecified atom stereocenters. The summed E-state index contributed by atoms with van der Waals surface area (Å²) in [5.74, 6) is -0.528. The molecule has 172 valence electrons. The molecule has 0 atom stereocenters. The minimum atomic E-state index is -3.76. The van der Waals surface area contributed by atoms with E-state index in [1.807, 2.05) is 38.1 Å². The molecule has 0 radical (unpaired) electrons. The van der Waals surface area contributed by atoms with Gasteiger partial charge in [0.25, 0.3) is 10.0 Å². The standard InChI is InChI=1S/C26H27NO5S/c1-3-17-27(33(30,31)23-7-5-4-6-8-23)24-18-20(2)9-15-25(24)32-19-22-12-10-21(11-13-22)14-16-26(28)29/h4-16,18H,3,17,19H2,1-2H3,(H,28,29). The number of ether oxygens (including phenoxy) is 1. The molecule has 7 heteroatoms. The molecule has 0 aliphatic carbocycles. The lowest BCUT2D eigenvalue weighted by atomic mass is 10.1. The first kappa shape index (κ1) is 24.1. The summed E-state index contributed by atoms with van der Waals surface area (Å²) in [7, 11) is -3.76. The van der Waals surface area contributed by atoms with Crippen LogP contribution in [0.15, 0.2) is 83.8 Å². The van der Waals surface area contributed by atoms with Crippen LogP contribution in [-0.2, 0) is 21.4 Å². The Kier molecular flexibility index (Phi) is 7.90. The van der Waals surface area contributed by atoms with Gasteiger partial charge in [-0.2, -0.15) is 0 Å². The molecule has 1 N–H and O–H groups in total. The van der Waals surface area contributed by atoms with E-state index in [-0.39, 0.29) is 11.5 Å². The van der Waals surface area contributed by atoms with Crippen molar-refractivity contribution in [1.82, 2.24) is 0 Å². The van der Waals surface area contributed by atoms with Gasteiger partial charge in [-0.25, -0.2) is 13.2 Å². The van der Waals surface area contributed by atoms with Gasteiger partial charge in [0.2, 0.25) is 0 Å². The molecule has 0 aliphatic heterocycles. The highest BCUT2D eigenvalue weighted by atomic mass is 32.2. The monoisotopic (exact) mass is 465 g/mol. The van der Waals surface area contributed by atoms with E-state index in [0.717, 1.165) is 22.8 Å². The first-order chi connectivity index (χ1) is 15.8. The molecule has 0 fully saturated rings. The molecule has 0 aromatic heterocycles. The van der Waals surface area contributed by atoms with Gasteiger partial charge in [-0.15, -0.1) is 0 Å². The molecule has 0 saturated carbocycles. The Morgan fingerprint density at radius 2 is 1.73 bits per heavy atom. The smallest absolute Gasteiger partial charge is 0.328 e. The maximum absolute atomic E-state index is 13.4. The number of aryl methyl sites for hydroxylation is 1. The lowest BCUT2D eigenvalue weighted by Crippen LogP contribution is -2.32. The molecule has 3 aromatic rings. The van der Waals surface area contributed by atoms with E-state index in [0.29, 0.717) is 24.4 Å². The Hall–Kier alpha value is -3.58. The largest absolute Gasteiger partial charge is 0.487 e. The van der Waals surface area contributed by atoms with Crippen LogP contribution in [0.1, 0.15) is 30.0 Å². The summed E-state index contributed by atoms with van der Waals surface area (Å²) in [6, 6.07) is 21.2. The second kappa shape index (κ2) is 10.8. The summed E-state index contributed by atoms with van der Waals surface area (Å²) < 4.78 is 34.3. The number of nitrogens with zero attached hydrogens (tertiary/aromatic N) is 1. The SMILES string of the molecule is CCCN(c1cc(C)ccc1OCc1ccc(C=CC(=O)O)cc1)S(=O)(=O)c1ccccc1. The number of carbonyl (C=O) groups is 1. The summed E-state index contributed by atoms with van der Waals surface area (Å²) in [6.07, 6.45) is 3.24. The Bertz CT molecular complexity index is 1220. The normalized spacial score (nSPS) is 11.5. The van der Waals surface area contributed by atoms with Crippen molar-refractivity contribution >= 4 is 27.8 Å². The van der Waals surface area contributed by atoms with Crippen molar-refractivity contribution in [3.05, 3.63) is 95.6 Å². The lowest BCUT2D eigenvalue weighted by molar-refractivity contribution is -0.131. The zero-order chi connectivity index (χ0) is 23.8. The Labute approximate surface area is 194 Å². The van der Waals surface area contributed by atoms with Crippen LogP contribution in [-0.4, -0.2) is 26.0 Å². The van der Waals surface area contributed by atoms with Crippen LogP contribution in [0.3, 0.4) is 0 Å². The number of carboxylic acids is 1.